The molecule has 0 saturated carbocycles. The molecule has 0 atom stereocenters. The third kappa shape index (κ3) is 1.54. The molecule has 0 bridgehead atoms. The van der Waals surface area contributed by atoms with Gasteiger partial charge in [-0.05, 0) is 6.07 Å². The Bertz CT molecular complexity index is 489. The summed E-state index contributed by atoms with van der Waals surface area (Å²) in [6, 6.07) is 4.20. The second kappa shape index (κ2) is 3.31. The minimum Gasteiger partial charge on any atom is -0.478 e. The summed E-state index contributed by atoms with van der Waals surface area (Å²) in [4.78, 5) is 22.0. The lowest BCUT2D eigenvalue weighted by molar-refractivity contribution is -0.131. The molecule has 0 radical (unpaired) electrons. The van der Waals surface area contributed by atoms with E-state index < -0.39 is 17.6 Å². The summed E-state index contributed by atoms with van der Waals surface area (Å²) in [5.74, 6) is -2.05. The van der Waals surface area contributed by atoms with Gasteiger partial charge >= 0.3 is 5.97 Å². The molecule has 0 saturated heterocycles. The number of hydrogen-bond acceptors (Lipinski definition) is 2. The Kier molecular flexibility index (Phi) is 2.11. The molecule has 0 heterocycles. The first-order valence-corrected chi connectivity index (χ1v) is 4.35. The molecule has 2 rings (SSSR count). The first kappa shape index (κ1) is 9.58. The van der Waals surface area contributed by atoms with Crippen molar-refractivity contribution in [2.24, 2.45) is 0 Å². The molecule has 0 fully saturated rings. The van der Waals surface area contributed by atoms with E-state index in [0.29, 0.717) is 0 Å². The van der Waals surface area contributed by atoms with Gasteiger partial charge in [0.25, 0.3) is 0 Å². The Labute approximate surface area is 84.8 Å². The number of benzene rings is 1. The van der Waals surface area contributed by atoms with Crippen LogP contribution < -0.4 is 0 Å². The summed E-state index contributed by atoms with van der Waals surface area (Å²) >= 11 is 0. The average Bonchev–Trinajstić information content (AvgIpc) is 2.46. The Hall–Kier alpha value is -1.97. The number of halogens is 1. The number of allylic oxidation sites excluding steroid dienone is 1. The topological polar surface area (TPSA) is 54.4 Å². The number of carboxylic acid groups (broad SMARTS) is 1. The fourth-order valence-electron chi connectivity index (χ4n) is 1.66. The molecule has 1 aromatic carbocycles. The van der Waals surface area contributed by atoms with Crippen LogP contribution in [0.25, 0.3) is 0 Å². The highest BCUT2D eigenvalue weighted by atomic mass is 19.1. The van der Waals surface area contributed by atoms with E-state index in [2.05, 4.69) is 0 Å². The van der Waals surface area contributed by atoms with Crippen LogP contribution in [0.1, 0.15) is 15.9 Å². The van der Waals surface area contributed by atoms with Gasteiger partial charge in [0, 0.05) is 29.2 Å². The summed E-state index contributed by atoms with van der Waals surface area (Å²) in [5.41, 5.74) is 0.681. The zero-order valence-corrected chi connectivity index (χ0v) is 7.66. The van der Waals surface area contributed by atoms with Crippen molar-refractivity contribution in [2.75, 3.05) is 0 Å². The fourth-order valence-corrected chi connectivity index (χ4v) is 1.66. The molecule has 1 aliphatic carbocycles. The summed E-state index contributed by atoms with van der Waals surface area (Å²) in [6.07, 6.45) is 0.898. The summed E-state index contributed by atoms with van der Waals surface area (Å²) in [7, 11) is 0. The Morgan fingerprint density at radius 3 is 2.80 bits per heavy atom. The molecule has 3 nitrogen and oxygen atoms in total. The third-order valence-corrected chi connectivity index (χ3v) is 2.32. The van der Waals surface area contributed by atoms with Crippen molar-refractivity contribution < 1.29 is 19.1 Å². The number of carbonyl (C=O) groups is 2. The van der Waals surface area contributed by atoms with E-state index in [-0.39, 0.29) is 23.1 Å². The molecule has 0 aliphatic heterocycles. The van der Waals surface area contributed by atoms with E-state index in [1.807, 2.05) is 0 Å². The van der Waals surface area contributed by atoms with Gasteiger partial charge in [0.2, 0.25) is 0 Å². The number of carboxylic acids is 1. The molecule has 0 aromatic heterocycles. The molecule has 1 aliphatic rings. The maximum atomic E-state index is 13.2. The van der Waals surface area contributed by atoms with Crippen LogP contribution in [-0.4, -0.2) is 16.9 Å². The minimum absolute atomic E-state index is 0.0626. The van der Waals surface area contributed by atoms with Crippen molar-refractivity contribution in [2.45, 2.75) is 6.42 Å². The van der Waals surface area contributed by atoms with E-state index in [9.17, 15) is 14.0 Å². The van der Waals surface area contributed by atoms with Crippen LogP contribution >= 0.6 is 0 Å². The van der Waals surface area contributed by atoms with Gasteiger partial charge < -0.3 is 5.11 Å². The van der Waals surface area contributed by atoms with Crippen molar-refractivity contribution in [1.29, 1.82) is 0 Å². The van der Waals surface area contributed by atoms with Gasteiger partial charge in [-0.2, -0.15) is 0 Å². The second-order valence-electron chi connectivity index (χ2n) is 3.28. The van der Waals surface area contributed by atoms with Gasteiger partial charge in [0.05, 0.1) is 0 Å². The average molecular weight is 206 g/mol. The monoisotopic (exact) mass is 206 g/mol. The van der Waals surface area contributed by atoms with Crippen LogP contribution in [0, 0.1) is 5.82 Å². The highest BCUT2D eigenvalue weighted by Gasteiger charge is 2.27. The van der Waals surface area contributed by atoms with Crippen molar-refractivity contribution in [3.8, 4) is 0 Å². The summed E-state index contributed by atoms with van der Waals surface area (Å²) in [5, 5.41) is 8.52. The normalized spacial score (nSPS) is 16.9. The molecule has 4 heteroatoms. The quantitative estimate of drug-likeness (QED) is 0.709. The van der Waals surface area contributed by atoms with Crippen LogP contribution in [0.5, 0.6) is 0 Å². The van der Waals surface area contributed by atoms with Crippen molar-refractivity contribution in [1.82, 2.24) is 0 Å². The van der Waals surface area contributed by atoms with Crippen LogP contribution in [-0.2, 0) is 11.2 Å². The highest BCUT2D eigenvalue weighted by Crippen LogP contribution is 2.27. The summed E-state index contributed by atoms with van der Waals surface area (Å²) in [6.45, 7) is 0. The van der Waals surface area contributed by atoms with Crippen LogP contribution in [0.3, 0.4) is 0 Å². The standard InChI is InChI=1S/C11H7FO3/c12-9-3-1-2-7-8(9)4-6(11(7)15)5-10(13)14/h1-3,5H,4H2,(H,13,14)/b6-5-. The maximum absolute atomic E-state index is 13.2. The van der Waals surface area contributed by atoms with Crippen LogP contribution in [0.4, 0.5) is 4.39 Å². The number of hydrogen-bond donors (Lipinski definition) is 1. The predicted octanol–water partition coefficient (Wildman–Crippen LogP) is 1.58. The second-order valence-corrected chi connectivity index (χ2v) is 3.28. The van der Waals surface area contributed by atoms with E-state index in [1.54, 1.807) is 0 Å². The van der Waals surface area contributed by atoms with Gasteiger partial charge in [0.15, 0.2) is 5.78 Å². The lowest BCUT2D eigenvalue weighted by Gasteiger charge is -1.95. The zero-order valence-electron chi connectivity index (χ0n) is 7.66. The predicted molar refractivity (Wildman–Crippen MR) is 50.2 cm³/mol. The van der Waals surface area contributed by atoms with Crippen molar-refractivity contribution in [3.63, 3.8) is 0 Å². The van der Waals surface area contributed by atoms with E-state index in [1.165, 1.54) is 18.2 Å². The van der Waals surface area contributed by atoms with Gasteiger partial charge in [-0.25, -0.2) is 9.18 Å². The highest BCUT2D eigenvalue weighted by molar-refractivity contribution is 6.15. The molecule has 1 N–H and O–H groups in total. The summed E-state index contributed by atoms with van der Waals surface area (Å²) < 4.78 is 13.2. The molecule has 0 unspecified atom stereocenters. The number of Topliss-reactive ketones (excluding diaryl/α,β-unsaturated/α-hetero) is 1. The SMILES string of the molecule is O=C(O)/C=C1/Cc2c(F)cccc2C1=O. The first-order valence-electron chi connectivity index (χ1n) is 4.35. The maximum Gasteiger partial charge on any atom is 0.328 e. The molecular weight excluding hydrogens is 199 g/mol. The number of aliphatic carboxylic acids is 1. The van der Waals surface area contributed by atoms with Gasteiger partial charge in [-0.3, -0.25) is 4.79 Å². The number of fused-ring (bicyclic) bond motifs is 1. The van der Waals surface area contributed by atoms with Crippen LogP contribution in [0.15, 0.2) is 29.8 Å². The van der Waals surface area contributed by atoms with Gasteiger partial charge in [0.1, 0.15) is 5.82 Å². The molecule has 76 valence electrons. The van der Waals surface area contributed by atoms with E-state index in [4.69, 9.17) is 5.11 Å². The smallest absolute Gasteiger partial charge is 0.328 e. The van der Waals surface area contributed by atoms with Gasteiger partial charge in [-0.15, -0.1) is 0 Å². The lowest BCUT2D eigenvalue weighted by Crippen LogP contribution is -1.99. The Morgan fingerprint density at radius 2 is 2.20 bits per heavy atom. The molecule has 1 aromatic rings. The molecule has 15 heavy (non-hydrogen) atoms. The third-order valence-electron chi connectivity index (χ3n) is 2.32. The molecular formula is C11H7FO3. The zero-order chi connectivity index (χ0) is 11.0. The number of carbonyl (C=O) groups excluding carboxylic acids is 1. The number of rotatable bonds is 1. The van der Waals surface area contributed by atoms with Crippen molar-refractivity contribution >= 4 is 11.8 Å². The first-order chi connectivity index (χ1) is 7.09. The lowest BCUT2D eigenvalue weighted by atomic mass is 10.1. The van der Waals surface area contributed by atoms with Gasteiger partial charge in [-0.1, -0.05) is 12.1 Å². The van der Waals surface area contributed by atoms with Crippen LogP contribution in [0.2, 0.25) is 0 Å². The number of ketones is 1. The Morgan fingerprint density at radius 1 is 1.47 bits per heavy atom. The molecule has 0 amide bonds. The Balaban J connectivity index is 2.50. The largest absolute Gasteiger partial charge is 0.478 e. The molecule has 0 spiro atoms. The van der Waals surface area contributed by atoms with E-state index >= 15 is 0 Å². The minimum atomic E-state index is -1.19. The fraction of sp³-hybridized carbons (Fsp3) is 0.0909. The van der Waals surface area contributed by atoms with Crippen molar-refractivity contribution in [3.05, 3.63) is 46.8 Å². The van der Waals surface area contributed by atoms with E-state index in [0.717, 1.165) is 6.08 Å².